The third kappa shape index (κ3) is 3.19. The van der Waals surface area contributed by atoms with E-state index < -0.39 is 0 Å². The van der Waals surface area contributed by atoms with E-state index in [4.69, 9.17) is 4.74 Å². The second-order valence-electron chi connectivity index (χ2n) is 3.48. The molecule has 0 aliphatic carbocycles. The predicted molar refractivity (Wildman–Crippen MR) is 68.9 cm³/mol. The Bertz CT molecular complexity index is 361. The maximum absolute atomic E-state index is 11.5. The van der Waals surface area contributed by atoms with Crippen molar-refractivity contribution in [2.75, 3.05) is 6.61 Å². The highest BCUT2D eigenvalue weighted by atomic mass is 127. The number of carbonyl (C=O) groups is 1. The van der Waals surface area contributed by atoms with E-state index in [0.717, 1.165) is 5.56 Å². The Labute approximate surface area is 104 Å². The van der Waals surface area contributed by atoms with Crippen molar-refractivity contribution in [2.24, 2.45) is 0 Å². The van der Waals surface area contributed by atoms with Crippen molar-refractivity contribution >= 4 is 28.6 Å². The van der Waals surface area contributed by atoms with Crippen LogP contribution in [-0.4, -0.2) is 12.6 Å². The molecular formula is C12H15IO2. The third-order valence-corrected chi connectivity index (χ3v) is 3.53. The Morgan fingerprint density at radius 3 is 2.73 bits per heavy atom. The van der Waals surface area contributed by atoms with E-state index in [1.54, 1.807) is 0 Å². The number of halogens is 1. The maximum atomic E-state index is 11.5. The molecule has 0 aliphatic heterocycles. The topological polar surface area (TPSA) is 26.3 Å². The monoisotopic (exact) mass is 318 g/mol. The first-order valence-corrected chi connectivity index (χ1v) is 6.06. The van der Waals surface area contributed by atoms with E-state index in [-0.39, 0.29) is 11.9 Å². The normalized spacial score (nSPS) is 12.3. The highest BCUT2D eigenvalue weighted by Crippen LogP contribution is 2.21. The molecule has 0 aliphatic rings. The molecule has 0 amide bonds. The van der Waals surface area contributed by atoms with Gasteiger partial charge >= 0.3 is 5.97 Å². The lowest BCUT2D eigenvalue weighted by molar-refractivity contribution is -0.144. The summed E-state index contributed by atoms with van der Waals surface area (Å²) in [4.78, 5) is 11.5. The molecule has 0 heterocycles. The van der Waals surface area contributed by atoms with E-state index in [1.165, 1.54) is 9.13 Å². The highest BCUT2D eigenvalue weighted by Gasteiger charge is 2.16. The molecule has 0 aromatic heterocycles. The molecule has 0 saturated carbocycles. The molecule has 1 atom stereocenters. The summed E-state index contributed by atoms with van der Waals surface area (Å²) in [6.07, 6.45) is 0. The van der Waals surface area contributed by atoms with Crippen LogP contribution in [0.5, 0.6) is 0 Å². The average Bonchev–Trinajstić information content (AvgIpc) is 2.21. The van der Waals surface area contributed by atoms with Crippen LogP contribution in [-0.2, 0) is 9.53 Å². The van der Waals surface area contributed by atoms with Crippen LogP contribution in [0.15, 0.2) is 18.2 Å². The van der Waals surface area contributed by atoms with Gasteiger partial charge in [-0.05, 0) is 60.6 Å². The Hall–Kier alpha value is -0.580. The van der Waals surface area contributed by atoms with Crippen LogP contribution < -0.4 is 0 Å². The van der Waals surface area contributed by atoms with E-state index in [1.807, 2.05) is 39.0 Å². The lowest BCUT2D eigenvalue weighted by Gasteiger charge is -2.11. The zero-order chi connectivity index (χ0) is 11.4. The number of hydrogen-bond donors (Lipinski definition) is 0. The van der Waals surface area contributed by atoms with Gasteiger partial charge in [-0.1, -0.05) is 12.1 Å². The van der Waals surface area contributed by atoms with E-state index in [0.29, 0.717) is 6.61 Å². The molecule has 2 nitrogen and oxygen atoms in total. The quantitative estimate of drug-likeness (QED) is 0.632. The van der Waals surface area contributed by atoms with Crippen LogP contribution in [0.3, 0.4) is 0 Å². The molecule has 82 valence electrons. The first-order valence-electron chi connectivity index (χ1n) is 4.99. The van der Waals surface area contributed by atoms with Gasteiger partial charge in [-0.25, -0.2) is 0 Å². The van der Waals surface area contributed by atoms with Gasteiger partial charge in [-0.15, -0.1) is 0 Å². The molecule has 0 radical (unpaired) electrons. The van der Waals surface area contributed by atoms with Gasteiger partial charge in [-0.2, -0.15) is 0 Å². The molecule has 1 aromatic carbocycles. The first kappa shape index (κ1) is 12.5. The summed E-state index contributed by atoms with van der Waals surface area (Å²) < 4.78 is 6.20. The molecule has 0 N–H and O–H groups in total. The van der Waals surface area contributed by atoms with Gasteiger partial charge < -0.3 is 4.74 Å². The van der Waals surface area contributed by atoms with Crippen LogP contribution in [0.2, 0.25) is 0 Å². The Morgan fingerprint density at radius 2 is 2.20 bits per heavy atom. The minimum absolute atomic E-state index is 0.155. The second-order valence-corrected chi connectivity index (χ2v) is 4.64. The summed E-state index contributed by atoms with van der Waals surface area (Å²) in [5.41, 5.74) is 2.22. The molecule has 0 bridgehead atoms. The molecule has 3 heteroatoms. The fourth-order valence-corrected chi connectivity index (χ4v) is 1.68. The van der Waals surface area contributed by atoms with Gasteiger partial charge in [-0.3, -0.25) is 4.79 Å². The lowest BCUT2D eigenvalue weighted by Crippen LogP contribution is -2.13. The van der Waals surface area contributed by atoms with Gasteiger partial charge in [0.15, 0.2) is 0 Å². The number of hydrogen-bond acceptors (Lipinski definition) is 2. The summed E-state index contributed by atoms with van der Waals surface area (Å²) in [6, 6.07) is 6.06. The SMILES string of the molecule is CCOC(=O)[C@H](C)c1ccc(I)c(C)c1. The van der Waals surface area contributed by atoms with Gasteiger partial charge in [0.2, 0.25) is 0 Å². The van der Waals surface area contributed by atoms with Crippen LogP contribution in [0.25, 0.3) is 0 Å². The Balaban J connectivity index is 2.86. The number of esters is 1. The molecule has 0 fully saturated rings. The van der Waals surface area contributed by atoms with Crippen molar-refractivity contribution in [2.45, 2.75) is 26.7 Å². The fraction of sp³-hybridized carbons (Fsp3) is 0.417. The highest BCUT2D eigenvalue weighted by molar-refractivity contribution is 14.1. The Morgan fingerprint density at radius 1 is 1.53 bits per heavy atom. The van der Waals surface area contributed by atoms with Crippen molar-refractivity contribution in [3.8, 4) is 0 Å². The summed E-state index contributed by atoms with van der Waals surface area (Å²) in [7, 11) is 0. The third-order valence-electron chi connectivity index (χ3n) is 2.32. The first-order chi connectivity index (χ1) is 7.06. The van der Waals surface area contributed by atoms with Gasteiger partial charge in [0, 0.05) is 3.57 Å². The van der Waals surface area contributed by atoms with Crippen molar-refractivity contribution in [3.05, 3.63) is 32.9 Å². The number of aryl methyl sites for hydroxylation is 1. The van der Waals surface area contributed by atoms with E-state index >= 15 is 0 Å². The van der Waals surface area contributed by atoms with Crippen molar-refractivity contribution in [1.82, 2.24) is 0 Å². The summed E-state index contributed by atoms with van der Waals surface area (Å²) in [5.74, 6) is -0.334. The van der Waals surface area contributed by atoms with Gasteiger partial charge in [0.05, 0.1) is 12.5 Å². The molecule has 0 saturated heterocycles. The smallest absolute Gasteiger partial charge is 0.313 e. The average molecular weight is 318 g/mol. The molecule has 0 spiro atoms. The molecule has 15 heavy (non-hydrogen) atoms. The van der Waals surface area contributed by atoms with Gasteiger partial charge in [0.1, 0.15) is 0 Å². The number of carbonyl (C=O) groups excluding carboxylic acids is 1. The van der Waals surface area contributed by atoms with Crippen LogP contribution in [0, 0.1) is 10.5 Å². The second kappa shape index (κ2) is 5.49. The minimum atomic E-state index is -0.180. The summed E-state index contributed by atoms with van der Waals surface area (Å²) in [5, 5.41) is 0. The molecule has 0 unspecified atom stereocenters. The van der Waals surface area contributed by atoms with Crippen LogP contribution in [0.4, 0.5) is 0 Å². The number of benzene rings is 1. The van der Waals surface area contributed by atoms with Gasteiger partial charge in [0.25, 0.3) is 0 Å². The zero-order valence-electron chi connectivity index (χ0n) is 9.21. The Kier molecular flexibility index (Phi) is 4.57. The van der Waals surface area contributed by atoms with Crippen molar-refractivity contribution < 1.29 is 9.53 Å². The summed E-state index contributed by atoms with van der Waals surface area (Å²) in [6.45, 7) is 6.18. The van der Waals surface area contributed by atoms with Crippen LogP contribution >= 0.6 is 22.6 Å². The van der Waals surface area contributed by atoms with E-state index in [9.17, 15) is 4.79 Å². The van der Waals surface area contributed by atoms with Crippen molar-refractivity contribution in [3.63, 3.8) is 0 Å². The zero-order valence-corrected chi connectivity index (χ0v) is 11.4. The van der Waals surface area contributed by atoms with Crippen LogP contribution in [0.1, 0.15) is 30.9 Å². The molecular weight excluding hydrogens is 303 g/mol. The lowest BCUT2D eigenvalue weighted by atomic mass is 10.00. The predicted octanol–water partition coefficient (Wildman–Crippen LogP) is 3.27. The molecule has 1 aromatic rings. The van der Waals surface area contributed by atoms with E-state index in [2.05, 4.69) is 22.6 Å². The largest absolute Gasteiger partial charge is 0.466 e. The standard InChI is InChI=1S/C12H15IO2/c1-4-15-12(14)9(3)10-5-6-11(13)8(2)7-10/h5-7,9H,4H2,1-3H3/t9-/m1/s1. The minimum Gasteiger partial charge on any atom is -0.466 e. The fourth-order valence-electron chi connectivity index (χ4n) is 1.34. The van der Waals surface area contributed by atoms with Crippen molar-refractivity contribution in [1.29, 1.82) is 0 Å². The molecule has 1 rings (SSSR count). The summed E-state index contributed by atoms with van der Waals surface area (Å²) >= 11 is 2.28. The number of ether oxygens (including phenoxy) is 1. The maximum Gasteiger partial charge on any atom is 0.313 e. The number of rotatable bonds is 3.